The molecule has 0 aromatic heterocycles. The van der Waals surface area contributed by atoms with Crippen LogP contribution in [0.5, 0.6) is 11.5 Å². The van der Waals surface area contributed by atoms with E-state index in [4.69, 9.17) is 9.47 Å². The molecule has 0 saturated carbocycles. The average Bonchev–Trinajstić information content (AvgIpc) is 2.51. The highest BCUT2D eigenvalue weighted by Crippen LogP contribution is 2.27. The topological polar surface area (TPSA) is 67.8 Å². The van der Waals surface area contributed by atoms with Crippen LogP contribution in [0.2, 0.25) is 0 Å². The summed E-state index contributed by atoms with van der Waals surface area (Å²) < 4.78 is 10.5. The number of methoxy groups -OCH3 is 2. The van der Waals surface area contributed by atoms with Gasteiger partial charge in [0, 0.05) is 24.7 Å². The van der Waals surface area contributed by atoms with Crippen molar-refractivity contribution in [2.24, 2.45) is 5.41 Å². The van der Waals surface area contributed by atoms with Crippen molar-refractivity contribution in [3.63, 3.8) is 0 Å². The largest absolute Gasteiger partial charge is 0.497 e. The molecule has 0 aliphatic heterocycles. The van der Waals surface area contributed by atoms with Crippen molar-refractivity contribution >= 4 is 5.97 Å². The molecule has 118 valence electrons. The standard InChI is InChI=1S/C16H25NO4/c1-5-16(6-2,15(18)19)11-17-10-12-7-8-13(20-3)9-14(12)21-4/h7-9,17H,5-6,10-11H2,1-4H3,(H,18,19). The second-order valence-electron chi connectivity index (χ2n) is 5.07. The molecular formula is C16H25NO4. The maximum absolute atomic E-state index is 11.5. The number of ether oxygens (including phenoxy) is 2. The van der Waals surface area contributed by atoms with Crippen LogP contribution < -0.4 is 14.8 Å². The van der Waals surface area contributed by atoms with Crippen LogP contribution in [0.3, 0.4) is 0 Å². The second kappa shape index (κ2) is 7.88. The summed E-state index contributed by atoms with van der Waals surface area (Å²) in [6.45, 7) is 4.81. The fourth-order valence-corrected chi connectivity index (χ4v) is 2.31. The number of carboxylic acid groups (broad SMARTS) is 1. The molecule has 5 heteroatoms. The number of carboxylic acids is 1. The fraction of sp³-hybridized carbons (Fsp3) is 0.562. The van der Waals surface area contributed by atoms with Crippen molar-refractivity contribution in [2.45, 2.75) is 33.2 Å². The zero-order chi connectivity index (χ0) is 15.9. The first-order valence-electron chi connectivity index (χ1n) is 7.18. The molecule has 0 fully saturated rings. The number of nitrogens with one attached hydrogen (secondary N) is 1. The van der Waals surface area contributed by atoms with Gasteiger partial charge >= 0.3 is 5.97 Å². The van der Waals surface area contributed by atoms with Gasteiger partial charge in [-0.2, -0.15) is 0 Å². The SMILES string of the molecule is CCC(CC)(CNCc1ccc(OC)cc1OC)C(=O)O. The highest BCUT2D eigenvalue weighted by atomic mass is 16.5. The summed E-state index contributed by atoms with van der Waals surface area (Å²) in [6, 6.07) is 5.61. The van der Waals surface area contributed by atoms with E-state index >= 15 is 0 Å². The van der Waals surface area contributed by atoms with Gasteiger partial charge < -0.3 is 19.9 Å². The number of hydrogen-bond acceptors (Lipinski definition) is 4. The number of hydrogen-bond donors (Lipinski definition) is 2. The first kappa shape index (κ1) is 17.3. The Morgan fingerprint density at radius 2 is 1.90 bits per heavy atom. The van der Waals surface area contributed by atoms with E-state index in [2.05, 4.69) is 5.32 Å². The molecule has 1 aromatic rings. The highest BCUT2D eigenvalue weighted by molar-refractivity contribution is 5.74. The molecule has 21 heavy (non-hydrogen) atoms. The van der Waals surface area contributed by atoms with Gasteiger partial charge in [-0.05, 0) is 18.9 Å². The summed E-state index contributed by atoms with van der Waals surface area (Å²) in [4.78, 5) is 11.5. The lowest BCUT2D eigenvalue weighted by atomic mass is 9.82. The first-order valence-corrected chi connectivity index (χ1v) is 7.18. The van der Waals surface area contributed by atoms with E-state index in [0.717, 1.165) is 17.1 Å². The number of aliphatic carboxylic acids is 1. The van der Waals surface area contributed by atoms with E-state index in [1.165, 1.54) is 0 Å². The lowest BCUT2D eigenvalue weighted by Crippen LogP contribution is -2.40. The molecule has 0 atom stereocenters. The molecule has 0 bridgehead atoms. The van der Waals surface area contributed by atoms with Gasteiger partial charge in [-0.3, -0.25) is 4.79 Å². The summed E-state index contributed by atoms with van der Waals surface area (Å²) in [7, 11) is 3.22. The molecule has 1 aromatic carbocycles. The van der Waals surface area contributed by atoms with Gasteiger partial charge in [0.05, 0.1) is 19.6 Å². The van der Waals surface area contributed by atoms with E-state index in [0.29, 0.717) is 25.9 Å². The predicted molar refractivity (Wildman–Crippen MR) is 81.9 cm³/mol. The molecule has 0 radical (unpaired) electrons. The van der Waals surface area contributed by atoms with Crippen molar-refractivity contribution in [1.29, 1.82) is 0 Å². The van der Waals surface area contributed by atoms with E-state index in [-0.39, 0.29) is 0 Å². The van der Waals surface area contributed by atoms with Gasteiger partial charge in [-0.25, -0.2) is 0 Å². The molecule has 0 amide bonds. The van der Waals surface area contributed by atoms with E-state index in [1.54, 1.807) is 14.2 Å². The molecule has 0 heterocycles. The smallest absolute Gasteiger partial charge is 0.310 e. The van der Waals surface area contributed by atoms with Crippen molar-refractivity contribution in [3.8, 4) is 11.5 Å². The van der Waals surface area contributed by atoms with Crippen LogP contribution in [0.1, 0.15) is 32.3 Å². The number of carbonyl (C=O) groups is 1. The van der Waals surface area contributed by atoms with Crippen LogP contribution >= 0.6 is 0 Å². The Morgan fingerprint density at radius 1 is 1.24 bits per heavy atom. The summed E-state index contributed by atoms with van der Waals surface area (Å²) in [6.07, 6.45) is 1.21. The molecule has 1 rings (SSSR count). The van der Waals surface area contributed by atoms with Crippen molar-refractivity contribution in [1.82, 2.24) is 5.32 Å². The minimum Gasteiger partial charge on any atom is -0.497 e. The minimum absolute atomic E-state index is 0.435. The minimum atomic E-state index is -0.748. The summed E-state index contributed by atoms with van der Waals surface area (Å²) in [5.41, 5.74) is 0.268. The summed E-state index contributed by atoms with van der Waals surface area (Å²) in [5.74, 6) is 0.718. The Bertz CT molecular complexity index is 469. The highest BCUT2D eigenvalue weighted by Gasteiger charge is 2.34. The van der Waals surface area contributed by atoms with Gasteiger partial charge in [-0.15, -0.1) is 0 Å². The zero-order valence-electron chi connectivity index (χ0n) is 13.2. The van der Waals surface area contributed by atoms with Crippen LogP contribution in [-0.4, -0.2) is 31.8 Å². The molecule has 0 aliphatic carbocycles. The van der Waals surface area contributed by atoms with Crippen LogP contribution in [0.25, 0.3) is 0 Å². The van der Waals surface area contributed by atoms with Crippen molar-refractivity contribution in [3.05, 3.63) is 23.8 Å². The van der Waals surface area contributed by atoms with Gasteiger partial charge in [0.25, 0.3) is 0 Å². The Hall–Kier alpha value is -1.75. The third kappa shape index (κ3) is 4.11. The fourth-order valence-electron chi connectivity index (χ4n) is 2.31. The monoisotopic (exact) mass is 295 g/mol. The molecular weight excluding hydrogens is 270 g/mol. The Morgan fingerprint density at radius 3 is 2.38 bits per heavy atom. The quantitative estimate of drug-likeness (QED) is 0.733. The molecule has 0 aliphatic rings. The Labute approximate surface area is 126 Å². The van der Waals surface area contributed by atoms with Gasteiger partial charge in [0.15, 0.2) is 0 Å². The normalized spacial score (nSPS) is 11.2. The molecule has 0 saturated heterocycles. The third-order valence-corrected chi connectivity index (χ3v) is 4.08. The molecule has 0 spiro atoms. The van der Waals surface area contributed by atoms with E-state index < -0.39 is 11.4 Å². The van der Waals surface area contributed by atoms with Crippen LogP contribution in [0.15, 0.2) is 18.2 Å². The Balaban J connectivity index is 2.73. The van der Waals surface area contributed by atoms with Gasteiger partial charge in [0.2, 0.25) is 0 Å². The zero-order valence-corrected chi connectivity index (χ0v) is 13.2. The molecule has 2 N–H and O–H groups in total. The summed E-state index contributed by atoms with van der Waals surface area (Å²) >= 11 is 0. The van der Waals surface area contributed by atoms with Crippen LogP contribution in [0.4, 0.5) is 0 Å². The van der Waals surface area contributed by atoms with Crippen molar-refractivity contribution < 1.29 is 19.4 Å². The lowest BCUT2D eigenvalue weighted by molar-refractivity contribution is -0.149. The molecule has 5 nitrogen and oxygen atoms in total. The third-order valence-electron chi connectivity index (χ3n) is 4.08. The summed E-state index contributed by atoms with van der Waals surface area (Å²) in [5, 5.41) is 12.6. The van der Waals surface area contributed by atoms with Crippen molar-refractivity contribution in [2.75, 3.05) is 20.8 Å². The van der Waals surface area contributed by atoms with Crippen LogP contribution in [-0.2, 0) is 11.3 Å². The van der Waals surface area contributed by atoms with Gasteiger partial charge in [-0.1, -0.05) is 19.9 Å². The maximum atomic E-state index is 11.5. The Kier molecular flexibility index (Phi) is 6.49. The number of rotatable bonds is 9. The predicted octanol–water partition coefficient (Wildman–Crippen LogP) is 2.68. The van der Waals surface area contributed by atoms with E-state index in [1.807, 2.05) is 32.0 Å². The van der Waals surface area contributed by atoms with E-state index in [9.17, 15) is 9.90 Å². The first-order chi connectivity index (χ1) is 10.0. The number of benzene rings is 1. The second-order valence-corrected chi connectivity index (χ2v) is 5.07. The maximum Gasteiger partial charge on any atom is 0.310 e. The lowest BCUT2D eigenvalue weighted by Gasteiger charge is -2.27. The molecule has 0 unspecified atom stereocenters. The average molecular weight is 295 g/mol. The van der Waals surface area contributed by atoms with Crippen LogP contribution in [0, 0.1) is 5.41 Å². The van der Waals surface area contributed by atoms with Gasteiger partial charge in [0.1, 0.15) is 11.5 Å².